The number of hydrogen-bond donors (Lipinski definition) is 11. The van der Waals surface area contributed by atoms with Crippen molar-refractivity contribution in [3.8, 4) is 17.2 Å². The van der Waals surface area contributed by atoms with Gasteiger partial charge in [-0.05, 0) is 243 Å². The van der Waals surface area contributed by atoms with Crippen LogP contribution in [0.2, 0.25) is 15.7 Å². The molecule has 11 aromatic rings. The number of aromatic nitrogens is 8. The normalized spacial score (nSPS) is 14.0. The Labute approximate surface area is 780 Å². The molecule has 0 spiro atoms. The van der Waals surface area contributed by atoms with E-state index in [0.717, 1.165) is 24.8 Å². The first-order chi connectivity index (χ1) is 67.5. The molecule has 0 aliphatic rings. The SMILES string of the molecule is CC(C)(C)OC(=O)Nc1cccc(N)c1.CC(C)(C)OC(=O)Nc1cccc(Nc2nc(Cl)ncc2F)c1.Fc1cnc(Cl)nc1Cl.O=C(Cl)CCCl.[2H]C([2H])([2H])OC([2H])([2H])C([2H])([2H])Oc1ccc(N)cc1.[2H]C([2H])([2H])OC([2H])([2H])C([2H])([2H])Oc1ccc(Nc2ncc(F)c(Nc3cccc(N)c3)n2)cc1.[2H]C([2H])([2H])OC([2H])([2H])C([2H])([2H])Oc1ccc(Nc2ncc(F)c(Nc3cccc(NC(=O)OC(C)(C)C)c3)n2)cc1. The predicted molar refractivity (Wildman–Crippen MR) is 486 cm³/mol. The van der Waals surface area contributed by atoms with E-state index in [9.17, 15) is 36.7 Å². The molecule has 4 heterocycles. The van der Waals surface area contributed by atoms with Crippen molar-refractivity contribution in [3.63, 3.8) is 0 Å². The Hall–Kier alpha value is -12.8. The summed E-state index contributed by atoms with van der Waals surface area (Å²) in [5.74, 6) is -2.90. The van der Waals surface area contributed by atoms with E-state index < -0.39 is 119 Å². The first kappa shape index (κ1) is 74.6. The lowest BCUT2D eigenvalue weighted by molar-refractivity contribution is -0.111. The Balaban J connectivity index is 0.000000322. The van der Waals surface area contributed by atoms with Gasteiger partial charge in [0.1, 0.15) is 53.7 Å². The van der Waals surface area contributed by atoms with Crippen LogP contribution < -0.4 is 73.9 Å². The second-order valence-electron chi connectivity index (χ2n) is 26.9. The van der Waals surface area contributed by atoms with Gasteiger partial charge >= 0.3 is 18.3 Å². The monoisotopic (exact) mass is 1860 g/mol. The van der Waals surface area contributed by atoms with Crippen molar-refractivity contribution in [2.24, 2.45) is 0 Å². The summed E-state index contributed by atoms with van der Waals surface area (Å²) in [5.41, 5.74) is 20.3. The molecule has 126 heavy (non-hydrogen) atoms. The van der Waals surface area contributed by atoms with Gasteiger partial charge in [-0.3, -0.25) is 20.7 Å². The standard InChI is InChI=1S/C24H28FN5O4.C19H20FN5O2.C15H16ClFN4O2.C11H16N2O2.C9H13NO2.C4HCl2FN2.C3H4Cl2O/c1-24(2,3)34-23(31)29-18-7-5-6-17(14-18)27-21-20(25)15-26-22(30-21)28-16-8-10-19(11-9-16)33-13-12-32-4;1-26-9-10-27-16-7-5-14(6-8-16)24-19-22-12-17(20)18(25-19)23-15-4-2-3-13(21)11-15;1-15(2,3)23-14(22)20-10-6-4-5-9(7-10)19-12-11(17)8-18-13(16)21-12;1-11(2,3)15-10(14)13-9-6-4-5-8(12)7-9;1-11-6-7-12-9-4-2-8(10)3-5-9;5-3-2(7)1-8-4(6)9-3;4-2-1-3(5)6/h5-11,14-15H,12-13H2,1-4H3,(H,29,31)(H2,26,27,28,30);2-8,11-12H,9-10,21H2,1H3,(H2,22,23,24,25);4-8H,1-3H3,(H,20,22)(H,18,19,21);4-7H,12H2,1-3H3,(H,13,14);2-5H,6-7,10H2,1H3;1H;1-2H2/i4D3,12D2,13D2;1D3,9D2,10D2;;;1D3,6D2,7D2;;. The number of nitrogen functional groups attached to an aromatic ring is 3. The molecular formula is C85H98Cl5F4N19O13. The number of carbonyl (C=O) groups excluding carboxylic acids is 4. The van der Waals surface area contributed by atoms with Gasteiger partial charge in [-0.25, -0.2) is 56.9 Å². The summed E-state index contributed by atoms with van der Waals surface area (Å²) in [6.07, 6.45) is 2.37. The summed E-state index contributed by atoms with van der Waals surface area (Å²) < 4.78 is 251. The van der Waals surface area contributed by atoms with Crippen LogP contribution in [0.3, 0.4) is 0 Å². The molecule has 4 aromatic heterocycles. The van der Waals surface area contributed by atoms with Crippen molar-refractivity contribution in [1.82, 2.24) is 39.9 Å². The molecule has 0 saturated heterocycles. The second-order valence-corrected chi connectivity index (χ2v) is 28.8. The lowest BCUT2D eigenvalue weighted by atomic mass is 10.2. The molecule has 3 amide bonds. The molecule has 0 atom stereocenters. The fraction of sp³-hybridized carbons (Fsp3) is 0.271. The molecule has 0 aliphatic carbocycles. The number of nitrogens with two attached hydrogens (primary N) is 3. The van der Waals surface area contributed by atoms with Crippen molar-refractivity contribution in [2.75, 3.05) is 126 Å². The summed E-state index contributed by atoms with van der Waals surface area (Å²) in [6, 6.07) is 43.2. The molecule has 674 valence electrons. The molecule has 0 fully saturated rings. The van der Waals surface area contributed by atoms with Gasteiger partial charge in [-0.15, -0.1) is 11.6 Å². The molecule has 0 unspecified atom stereocenters. The van der Waals surface area contributed by atoms with Gasteiger partial charge in [0.15, 0.2) is 45.9 Å². The molecule has 11 rings (SSSR count). The number of benzene rings is 7. The van der Waals surface area contributed by atoms with Gasteiger partial charge < -0.3 is 86.4 Å². The lowest BCUT2D eigenvalue weighted by Crippen LogP contribution is -2.27. The summed E-state index contributed by atoms with van der Waals surface area (Å²) in [5, 5.41) is 21.1. The van der Waals surface area contributed by atoms with E-state index in [4.69, 9.17) is 132 Å². The Bertz CT molecular complexity index is 6180. The number of anilines is 16. The van der Waals surface area contributed by atoms with E-state index in [1.807, 2.05) is 20.8 Å². The molecular weight excluding hydrogens is 1750 g/mol. The molecule has 32 nitrogen and oxygen atoms in total. The maximum absolute atomic E-state index is 14.5. The molecule has 14 N–H and O–H groups in total. The maximum atomic E-state index is 14.5. The molecule has 41 heteroatoms. The molecule has 0 saturated carbocycles. The minimum atomic E-state index is -3.29. The highest BCUT2D eigenvalue weighted by Gasteiger charge is 2.20. The third-order valence-corrected chi connectivity index (χ3v) is 14.3. The Morgan fingerprint density at radius 3 is 1.04 bits per heavy atom. The highest BCUT2D eigenvalue weighted by molar-refractivity contribution is 6.63. The average molecular weight is 1870 g/mol. The summed E-state index contributed by atoms with van der Waals surface area (Å²) in [6.45, 7) is -3.00. The Morgan fingerprint density at radius 1 is 0.389 bits per heavy atom. The van der Waals surface area contributed by atoms with Crippen LogP contribution in [-0.4, -0.2) is 147 Å². The number of ether oxygens (including phenoxy) is 9. The summed E-state index contributed by atoms with van der Waals surface area (Å²) in [7, 11) is -9.43. The van der Waals surface area contributed by atoms with Crippen molar-refractivity contribution in [2.45, 2.75) is 85.5 Å². The molecule has 0 radical (unpaired) electrons. The van der Waals surface area contributed by atoms with Crippen molar-refractivity contribution in [1.29, 1.82) is 0 Å². The van der Waals surface area contributed by atoms with Crippen LogP contribution in [0.25, 0.3) is 0 Å². The van der Waals surface area contributed by atoms with E-state index in [2.05, 4.69) is 96.6 Å². The van der Waals surface area contributed by atoms with E-state index in [1.165, 1.54) is 72.8 Å². The van der Waals surface area contributed by atoms with Crippen molar-refractivity contribution >= 4 is 173 Å². The van der Waals surface area contributed by atoms with Gasteiger partial charge in [0, 0.05) is 96.0 Å². The van der Waals surface area contributed by atoms with E-state index in [-0.39, 0.29) is 74.0 Å². The Kier molecular flexibility index (Phi) is 32.0. The predicted octanol–water partition coefficient (Wildman–Crippen LogP) is 20.8. The van der Waals surface area contributed by atoms with Gasteiger partial charge in [0.25, 0.3) is 0 Å². The van der Waals surface area contributed by atoms with E-state index in [0.29, 0.717) is 68.4 Å². The van der Waals surface area contributed by atoms with Gasteiger partial charge in [0.05, 0.1) is 73.3 Å². The van der Waals surface area contributed by atoms with Gasteiger partial charge in [-0.1, -0.05) is 35.9 Å². The number of nitrogens with one attached hydrogen (secondary N) is 8. The topological polar surface area (TPSA) is 429 Å². The van der Waals surface area contributed by atoms with Crippen molar-refractivity contribution in [3.05, 3.63) is 234 Å². The van der Waals surface area contributed by atoms with Crippen LogP contribution in [0.4, 0.5) is 124 Å². The van der Waals surface area contributed by atoms with Crippen LogP contribution in [0.1, 0.15) is 97.5 Å². The number of amides is 3. The summed E-state index contributed by atoms with van der Waals surface area (Å²) in [4.78, 5) is 74.8. The summed E-state index contributed by atoms with van der Waals surface area (Å²) >= 11 is 26.0. The maximum Gasteiger partial charge on any atom is 0.412 e. The minimum Gasteiger partial charge on any atom is -0.491 e. The van der Waals surface area contributed by atoms with Crippen LogP contribution in [0, 0.1) is 23.3 Å². The number of rotatable bonds is 27. The zero-order valence-corrected chi connectivity index (χ0v) is 71.7. The fourth-order valence-electron chi connectivity index (χ4n) is 8.43. The third-order valence-electron chi connectivity index (χ3n) is 13.3. The number of nitrogens with zero attached hydrogens (tertiary/aromatic N) is 8. The van der Waals surface area contributed by atoms with Crippen LogP contribution in [0.5, 0.6) is 17.2 Å². The zero-order chi connectivity index (χ0) is 111. The van der Waals surface area contributed by atoms with Gasteiger partial charge in [0.2, 0.25) is 27.7 Å². The fourth-order valence-corrected chi connectivity index (χ4v) is 9.23. The van der Waals surface area contributed by atoms with Crippen molar-refractivity contribution < 1.29 is 108 Å². The smallest absolute Gasteiger partial charge is 0.412 e. The number of halogens is 9. The minimum absolute atomic E-state index is 0.00258. The van der Waals surface area contributed by atoms with Crippen LogP contribution in [-0.2, 0) is 33.2 Å². The Morgan fingerprint density at radius 2 is 0.706 bits per heavy atom. The quantitative estimate of drug-likeness (QED) is 0.00433. The largest absolute Gasteiger partial charge is 0.491 e. The molecule has 7 aromatic carbocycles. The molecule has 0 bridgehead atoms. The number of hydrogen-bond acceptors (Lipinski definition) is 29. The van der Waals surface area contributed by atoms with Gasteiger partial charge in [-0.2, -0.15) is 15.0 Å². The van der Waals surface area contributed by atoms with E-state index in [1.54, 1.807) is 139 Å². The zero-order valence-electron chi connectivity index (χ0n) is 88.9. The number of alkyl halides is 1. The second kappa shape index (κ2) is 54.1. The third kappa shape index (κ3) is 44.5. The number of carbonyl (C=O) groups is 4. The lowest BCUT2D eigenvalue weighted by Gasteiger charge is -2.19. The average Bonchev–Trinajstić information content (AvgIpc) is 0.792. The number of methoxy groups -OCH3 is 3. The highest BCUT2D eigenvalue weighted by atomic mass is 35.5. The first-order valence-electron chi connectivity index (χ1n) is 46.4. The first-order valence-corrected chi connectivity index (χ1v) is 37.9. The van der Waals surface area contributed by atoms with E-state index >= 15 is 0 Å². The molecule has 0 aliphatic heterocycles. The highest BCUT2D eigenvalue weighted by Crippen LogP contribution is 2.29. The van der Waals surface area contributed by atoms with Crippen LogP contribution >= 0.6 is 58.0 Å². The van der Waals surface area contributed by atoms with Crippen LogP contribution in [0.15, 0.2) is 195 Å².